The van der Waals surface area contributed by atoms with Gasteiger partial charge in [-0.15, -0.1) is 0 Å². The van der Waals surface area contributed by atoms with E-state index in [0.717, 1.165) is 25.9 Å². The van der Waals surface area contributed by atoms with E-state index in [1.165, 1.54) is 29.5 Å². The number of fused-ring (bicyclic) bond motifs is 1. The smallest absolute Gasteiger partial charge is 0.223 e. The van der Waals surface area contributed by atoms with E-state index in [9.17, 15) is 4.79 Å². The molecule has 2 heteroatoms. The molecule has 1 aromatic carbocycles. The SMILES string of the molecule is CCCCCN1Cc2cc(C)ccc2CCC1=O. The lowest BCUT2D eigenvalue weighted by atomic mass is 10.0. The van der Waals surface area contributed by atoms with E-state index in [0.29, 0.717) is 12.3 Å². The van der Waals surface area contributed by atoms with Crippen molar-refractivity contribution in [3.05, 3.63) is 34.9 Å². The van der Waals surface area contributed by atoms with Crippen LogP contribution in [0.5, 0.6) is 0 Å². The average Bonchev–Trinajstić information content (AvgIpc) is 2.50. The van der Waals surface area contributed by atoms with Crippen molar-refractivity contribution in [3.8, 4) is 0 Å². The van der Waals surface area contributed by atoms with Crippen LogP contribution in [0.1, 0.15) is 49.3 Å². The highest BCUT2D eigenvalue weighted by atomic mass is 16.2. The topological polar surface area (TPSA) is 20.3 Å². The molecule has 1 amide bonds. The van der Waals surface area contributed by atoms with E-state index in [-0.39, 0.29) is 0 Å². The number of rotatable bonds is 4. The molecule has 0 fully saturated rings. The first-order chi connectivity index (χ1) is 8.70. The summed E-state index contributed by atoms with van der Waals surface area (Å²) in [7, 11) is 0. The van der Waals surface area contributed by atoms with Gasteiger partial charge in [0.15, 0.2) is 0 Å². The first-order valence-electron chi connectivity index (χ1n) is 7.07. The van der Waals surface area contributed by atoms with Crippen LogP contribution in [-0.4, -0.2) is 17.4 Å². The van der Waals surface area contributed by atoms with Crippen molar-refractivity contribution < 1.29 is 4.79 Å². The Morgan fingerprint density at radius 1 is 1.17 bits per heavy atom. The van der Waals surface area contributed by atoms with E-state index in [4.69, 9.17) is 0 Å². The summed E-state index contributed by atoms with van der Waals surface area (Å²) in [6.07, 6.45) is 5.12. The van der Waals surface area contributed by atoms with Crippen LogP contribution >= 0.6 is 0 Å². The van der Waals surface area contributed by atoms with E-state index in [1.807, 2.05) is 4.90 Å². The second-order valence-electron chi connectivity index (χ2n) is 5.29. The molecule has 1 heterocycles. The van der Waals surface area contributed by atoms with Gasteiger partial charge in [0.1, 0.15) is 0 Å². The molecule has 0 N–H and O–H groups in total. The van der Waals surface area contributed by atoms with Gasteiger partial charge in [-0.1, -0.05) is 43.5 Å². The van der Waals surface area contributed by atoms with Crippen LogP contribution in [0.2, 0.25) is 0 Å². The maximum Gasteiger partial charge on any atom is 0.223 e. The van der Waals surface area contributed by atoms with Gasteiger partial charge in [-0.25, -0.2) is 0 Å². The molecule has 0 aliphatic carbocycles. The molecule has 1 aliphatic rings. The van der Waals surface area contributed by atoms with E-state index < -0.39 is 0 Å². The summed E-state index contributed by atoms with van der Waals surface area (Å²) in [6, 6.07) is 6.57. The summed E-state index contributed by atoms with van der Waals surface area (Å²) in [5.74, 6) is 0.319. The monoisotopic (exact) mass is 245 g/mol. The second-order valence-corrected chi connectivity index (χ2v) is 5.29. The van der Waals surface area contributed by atoms with Crippen LogP contribution in [0.3, 0.4) is 0 Å². The second kappa shape index (κ2) is 6.03. The predicted octanol–water partition coefficient (Wildman–Crippen LogP) is 3.46. The molecule has 2 nitrogen and oxygen atoms in total. The third kappa shape index (κ3) is 3.12. The van der Waals surface area contributed by atoms with Gasteiger partial charge in [0.25, 0.3) is 0 Å². The number of hydrogen-bond donors (Lipinski definition) is 0. The van der Waals surface area contributed by atoms with Gasteiger partial charge in [-0.2, -0.15) is 0 Å². The van der Waals surface area contributed by atoms with Gasteiger partial charge in [-0.3, -0.25) is 4.79 Å². The summed E-state index contributed by atoms with van der Waals surface area (Å²) in [5.41, 5.74) is 3.99. The van der Waals surface area contributed by atoms with Crippen LogP contribution in [0.4, 0.5) is 0 Å². The van der Waals surface area contributed by atoms with Crippen molar-refractivity contribution in [2.75, 3.05) is 6.54 Å². The molecule has 0 unspecified atom stereocenters. The normalized spacial score (nSPS) is 15.4. The van der Waals surface area contributed by atoms with Gasteiger partial charge in [0.2, 0.25) is 5.91 Å². The van der Waals surface area contributed by atoms with E-state index in [2.05, 4.69) is 32.0 Å². The van der Waals surface area contributed by atoms with Gasteiger partial charge >= 0.3 is 0 Å². The highest BCUT2D eigenvalue weighted by Gasteiger charge is 2.19. The van der Waals surface area contributed by atoms with Gasteiger partial charge in [-0.05, 0) is 30.9 Å². The lowest BCUT2D eigenvalue weighted by Gasteiger charge is -2.21. The van der Waals surface area contributed by atoms with Crippen molar-refractivity contribution >= 4 is 5.91 Å². The van der Waals surface area contributed by atoms with Crippen molar-refractivity contribution in [3.63, 3.8) is 0 Å². The molecular weight excluding hydrogens is 222 g/mol. The zero-order valence-corrected chi connectivity index (χ0v) is 11.5. The van der Waals surface area contributed by atoms with Crippen molar-refractivity contribution in [1.29, 1.82) is 0 Å². The molecule has 0 saturated heterocycles. The van der Waals surface area contributed by atoms with E-state index >= 15 is 0 Å². The Morgan fingerprint density at radius 3 is 2.78 bits per heavy atom. The Labute approximate surface area is 110 Å². The summed E-state index contributed by atoms with van der Waals surface area (Å²) in [6.45, 7) is 6.04. The van der Waals surface area contributed by atoms with Crippen LogP contribution < -0.4 is 0 Å². The summed E-state index contributed by atoms with van der Waals surface area (Å²) >= 11 is 0. The van der Waals surface area contributed by atoms with Crippen LogP contribution in [-0.2, 0) is 17.8 Å². The molecule has 18 heavy (non-hydrogen) atoms. The van der Waals surface area contributed by atoms with Gasteiger partial charge in [0.05, 0.1) is 0 Å². The number of benzene rings is 1. The maximum atomic E-state index is 12.1. The molecule has 0 aromatic heterocycles. The summed E-state index contributed by atoms with van der Waals surface area (Å²) < 4.78 is 0. The zero-order chi connectivity index (χ0) is 13.0. The first-order valence-corrected chi connectivity index (χ1v) is 7.07. The number of unbranched alkanes of at least 4 members (excludes halogenated alkanes) is 2. The number of hydrogen-bond acceptors (Lipinski definition) is 1. The quantitative estimate of drug-likeness (QED) is 0.744. The van der Waals surface area contributed by atoms with Crippen molar-refractivity contribution in [1.82, 2.24) is 4.90 Å². The molecule has 98 valence electrons. The standard InChI is InChI=1S/C16H23NO/c1-3-4-5-10-17-12-15-11-13(2)6-7-14(15)8-9-16(17)18/h6-7,11H,3-5,8-10,12H2,1-2H3. The number of nitrogens with zero attached hydrogens (tertiary/aromatic N) is 1. The van der Waals surface area contributed by atoms with Gasteiger partial charge in [0, 0.05) is 19.5 Å². The average molecular weight is 245 g/mol. The molecular formula is C16H23NO. The Balaban J connectivity index is 2.10. The Morgan fingerprint density at radius 2 is 2.00 bits per heavy atom. The van der Waals surface area contributed by atoms with Gasteiger partial charge < -0.3 is 4.90 Å². The Bertz CT molecular complexity index is 425. The van der Waals surface area contributed by atoms with Crippen LogP contribution in [0, 0.1) is 6.92 Å². The largest absolute Gasteiger partial charge is 0.338 e. The molecule has 0 radical (unpaired) electrons. The number of amides is 1. The summed E-state index contributed by atoms with van der Waals surface area (Å²) in [5, 5.41) is 0. The predicted molar refractivity (Wildman–Crippen MR) is 74.4 cm³/mol. The fourth-order valence-corrected chi connectivity index (χ4v) is 2.60. The minimum Gasteiger partial charge on any atom is -0.338 e. The van der Waals surface area contributed by atoms with Crippen molar-refractivity contribution in [2.45, 2.75) is 52.5 Å². The highest BCUT2D eigenvalue weighted by Crippen LogP contribution is 2.21. The minimum absolute atomic E-state index is 0.319. The van der Waals surface area contributed by atoms with Crippen LogP contribution in [0.15, 0.2) is 18.2 Å². The van der Waals surface area contributed by atoms with Crippen molar-refractivity contribution in [2.24, 2.45) is 0 Å². The molecule has 0 bridgehead atoms. The number of carbonyl (C=O) groups is 1. The molecule has 2 rings (SSSR count). The minimum atomic E-state index is 0.319. The first kappa shape index (κ1) is 13.1. The Kier molecular flexibility index (Phi) is 4.40. The fourth-order valence-electron chi connectivity index (χ4n) is 2.60. The Hall–Kier alpha value is -1.31. The van der Waals surface area contributed by atoms with Crippen LogP contribution in [0.25, 0.3) is 0 Å². The molecule has 1 aromatic rings. The number of carbonyl (C=O) groups excluding carboxylic acids is 1. The molecule has 1 aliphatic heterocycles. The fraction of sp³-hybridized carbons (Fsp3) is 0.562. The third-order valence-electron chi connectivity index (χ3n) is 3.72. The lowest BCUT2D eigenvalue weighted by Crippen LogP contribution is -2.30. The summed E-state index contributed by atoms with van der Waals surface area (Å²) in [4.78, 5) is 14.1. The molecule has 0 saturated carbocycles. The maximum absolute atomic E-state index is 12.1. The molecule has 0 atom stereocenters. The zero-order valence-electron chi connectivity index (χ0n) is 11.5. The van der Waals surface area contributed by atoms with E-state index in [1.54, 1.807) is 0 Å². The number of aryl methyl sites for hydroxylation is 2. The third-order valence-corrected chi connectivity index (χ3v) is 3.72. The molecule has 0 spiro atoms. The lowest BCUT2D eigenvalue weighted by molar-refractivity contribution is -0.131. The highest BCUT2D eigenvalue weighted by molar-refractivity contribution is 5.77.